The van der Waals surface area contributed by atoms with E-state index in [1.54, 1.807) is 17.6 Å². The van der Waals surface area contributed by atoms with Gasteiger partial charge in [-0.1, -0.05) is 6.92 Å². The van der Waals surface area contributed by atoms with Crippen LogP contribution in [0.4, 0.5) is 0 Å². The molecule has 3 nitrogen and oxygen atoms in total. The van der Waals surface area contributed by atoms with Crippen LogP contribution < -0.4 is 5.32 Å². The number of hydrogen-bond donors (Lipinski definition) is 1. The first kappa shape index (κ1) is 11.4. The standard InChI is InChI=1S/C12H16N2OS/c1-3-14-12(6-10-7-13-8-16-10)11-4-5-15-9(11)2/h4-5,7-8,12,14H,3,6H2,1-2H3. The van der Waals surface area contributed by atoms with Crippen LogP contribution in [-0.4, -0.2) is 11.5 Å². The highest BCUT2D eigenvalue weighted by Crippen LogP contribution is 2.23. The summed E-state index contributed by atoms with van der Waals surface area (Å²) in [5, 5.41) is 3.48. The van der Waals surface area contributed by atoms with E-state index in [4.69, 9.17) is 4.42 Å². The van der Waals surface area contributed by atoms with Crippen LogP contribution >= 0.6 is 11.3 Å². The average molecular weight is 236 g/mol. The molecule has 0 aliphatic rings. The first-order chi connectivity index (χ1) is 7.81. The van der Waals surface area contributed by atoms with E-state index in [0.29, 0.717) is 6.04 Å². The van der Waals surface area contributed by atoms with E-state index in [1.165, 1.54) is 10.4 Å². The molecule has 2 aromatic rings. The van der Waals surface area contributed by atoms with Crippen molar-refractivity contribution in [3.63, 3.8) is 0 Å². The summed E-state index contributed by atoms with van der Waals surface area (Å²) < 4.78 is 5.36. The molecule has 0 amide bonds. The van der Waals surface area contributed by atoms with Crippen LogP contribution in [0.15, 0.2) is 28.5 Å². The Morgan fingerprint density at radius 1 is 1.56 bits per heavy atom. The van der Waals surface area contributed by atoms with Crippen molar-refractivity contribution in [2.24, 2.45) is 0 Å². The van der Waals surface area contributed by atoms with Crippen LogP contribution in [-0.2, 0) is 6.42 Å². The summed E-state index contributed by atoms with van der Waals surface area (Å²) in [5.41, 5.74) is 3.12. The third-order valence-corrected chi connectivity index (χ3v) is 3.42. The van der Waals surface area contributed by atoms with Crippen molar-refractivity contribution in [3.8, 4) is 0 Å². The van der Waals surface area contributed by atoms with Crippen molar-refractivity contribution in [1.82, 2.24) is 10.3 Å². The molecule has 2 rings (SSSR count). The molecule has 86 valence electrons. The molecule has 0 aromatic carbocycles. The number of rotatable bonds is 5. The second-order valence-electron chi connectivity index (χ2n) is 3.71. The molecule has 0 radical (unpaired) electrons. The van der Waals surface area contributed by atoms with Crippen molar-refractivity contribution < 1.29 is 4.42 Å². The summed E-state index contributed by atoms with van der Waals surface area (Å²) in [7, 11) is 0. The Morgan fingerprint density at radius 2 is 2.44 bits per heavy atom. The molecule has 1 N–H and O–H groups in total. The number of likely N-dealkylation sites (N-methyl/N-ethyl adjacent to an activating group) is 1. The second-order valence-corrected chi connectivity index (χ2v) is 4.69. The zero-order chi connectivity index (χ0) is 11.4. The zero-order valence-electron chi connectivity index (χ0n) is 9.56. The van der Waals surface area contributed by atoms with Crippen molar-refractivity contribution >= 4 is 11.3 Å². The first-order valence-electron chi connectivity index (χ1n) is 5.46. The molecule has 0 bridgehead atoms. The Morgan fingerprint density at radius 3 is 3.00 bits per heavy atom. The van der Waals surface area contributed by atoms with Gasteiger partial charge in [-0.15, -0.1) is 11.3 Å². The van der Waals surface area contributed by atoms with Crippen molar-refractivity contribution in [2.75, 3.05) is 6.54 Å². The lowest BCUT2D eigenvalue weighted by atomic mass is 10.0. The fourth-order valence-corrected chi connectivity index (χ4v) is 2.48. The van der Waals surface area contributed by atoms with Crippen LogP contribution in [0.5, 0.6) is 0 Å². The fraction of sp³-hybridized carbons (Fsp3) is 0.417. The molecule has 4 heteroatoms. The fourth-order valence-electron chi connectivity index (χ4n) is 1.84. The van der Waals surface area contributed by atoms with Gasteiger partial charge in [0, 0.05) is 29.1 Å². The van der Waals surface area contributed by atoms with Gasteiger partial charge in [0.25, 0.3) is 0 Å². The van der Waals surface area contributed by atoms with Gasteiger partial charge in [0.2, 0.25) is 0 Å². The van der Waals surface area contributed by atoms with E-state index in [9.17, 15) is 0 Å². The molecule has 0 fully saturated rings. The average Bonchev–Trinajstić information content (AvgIpc) is 2.88. The van der Waals surface area contributed by atoms with Gasteiger partial charge in [-0.05, 0) is 19.5 Å². The Labute approximate surface area is 99.5 Å². The largest absolute Gasteiger partial charge is 0.469 e. The number of thiazole rings is 1. The smallest absolute Gasteiger partial charge is 0.105 e. The minimum absolute atomic E-state index is 0.323. The van der Waals surface area contributed by atoms with Gasteiger partial charge < -0.3 is 9.73 Å². The van der Waals surface area contributed by atoms with Gasteiger partial charge in [-0.3, -0.25) is 4.98 Å². The minimum atomic E-state index is 0.323. The monoisotopic (exact) mass is 236 g/mol. The third-order valence-electron chi connectivity index (χ3n) is 2.61. The number of hydrogen-bond acceptors (Lipinski definition) is 4. The molecule has 0 aliphatic heterocycles. The summed E-state index contributed by atoms with van der Waals surface area (Å²) in [6.07, 6.45) is 4.66. The number of aryl methyl sites for hydroxylation is 1. The van der Waals surface area contributed by atoms with Gasteiger partial charge in [-0.25, -0.2) is 0 Å². The lowest BCUT2D eigenvalue weighted by Crippen LogP contribution is -2.22. The second kappa shape index (κ2) is 5.27. The zero-order valence-corrected chi connectivity index (χ0v) is 10.4. The van der Waals surface area contributed by atoms with Gasteiger partial charge in [0.15, 0.2) is 0 Å². The molecule has 0 aliphatic carbocycles. The summed E-state index contributed by atoms with van der Waals surface area (Å²) in [5.74, 6) is 0.996. The molecular weight excluding hydrogens is 220 g/mol. The molecule has 0 spiro atoms. The number of aromatic nitrogens is 1. The van der Waals surface area contributed by atoms with E-state index in [0.717, 1.165) is 18.7 Å². The highest BCUT2D eigenvalue weighted by atomic mass is 32.1. The van der Waals surface area contributed by atoms with E-state index >= 15 is 0 Å². The van der Waals surface area contributed by atoms with Crippen LogP contribution in [0.3, 0.4) is 0 Å². The third kappa shape index (κ3) is 2.51. The molecule has 0 saturated carbocycles. The predicted molar refractivity (Wildman–Crippen MR) is 65.7 cm³/mol. The van der Waals surface area contributed by atoms with Crippen LogP contribution in [0, 0.1) is 6.92 Å². The van der Waals surface area contributed by atoms with Gasteiger partial charge in [0.05, 0.1) is 11.8 Å². The molecule has 0 saturated heterocycles. The lowest BCUT2D eigenvalue weighted by Gasteiger charge is -2.16. The van der Waals surface area contributed by atoms with Crippen LogP contribution in [0.1, 0.15) is 29.2 Å². The van der Waals surface area contributed by atoms with E-state index in [2.05, 4.69) is 17.2 Å². The van der Waals surface area contributed by atoms with E-state index in [1.807, 2.05) is 24.7 Å². The summed E-state index contributed by atoms with van der Waals surface area (Å²) in [4.78, 5) is 5.40. The number of nitrogens with one attached hydrogen (secondary N) is 1. The number of furan rings is 1. The Balaban J connectivity index is 2.14. The Hall–Kier alpha value is -1.13. The van der Waals surface area contributed by atoms with Gasteiger partial charge in [0.1, 0.15) is 5.76 Å². The molecule has 16 heavy (non-hydrogen) atoms. The number of nitrogens with zero attached hydrogens (tertiary/aromatic N) is 1. The topological polar surface area (TPSA) is 38.1 Å². The lowest BCUT2D eigenvalue weighted by molar-refractivity contribution is 0.503. The maximum absolute atomic E-state index is 5.36. The summed E-state index contributed by atoms with van der Waals surface area (Å²) in [6, 6.07) is 2.37. The molecule has 2 heterocycles. The molecule has 1 unspecified atom stereocenters. The molecule has 2 aromatic heterocycles. The van der Waals surface area contributed by atoms with Crippen LogP contribution in [0.2, 0.25) is 0 Å². The summed E-state index contributed by atoms with van der Waals surface area (Å²) >= 11 is 1.70. The first-order valence-corrected chi connectivity index (χ1v) is 6.34. The maximum Gasteiger partial charge on any atom is 0.105 e. The highest BCUT2D eigenvalue weighted by molar-refractivity contribution is 7.09. The maximum atomic E-state index is 5.36. The normalized spacial score (nSPS) is 12.9. The Kier molecular flexibility index (Phi) is 3.74. The van der Waals surface area contributed by atoms with E-state index < -0.39 is 0 Å². The van der Waals surface area contributed by atoms with Crippen molar-refractivity contribution in [1.29, 1.82) is 0 Å². The van der Waals surface area contributed by atoms with Crippen molar-refractivity contribution in [2.45, 2.75) is 26.3 Å². The van der Waals surface area contributed by atoms with E-state index in [-0.39, 0.29) is 0 Å². The highest BCUT2D eigenvalue weighted by Gasteiger charge is 2.15. The van der Waals surface area contributed by atoms with Crippen LogP contribution in [0.25, 0.3) is 0 Å². The molecular formula is C12H16N2OS. The van der Waals surface area contributed by atoms with Crippen molar-refractivity contribution in [3.05, 3.63) is 40.2 Å². The Bertz CT molecular complexity index is 422. The minimum Gasteiger partial charge on any atom is -0.469 e. The van der Waals surface area contributed by atoms with Gasteiger partial charge >= 0.3 is 0 Å². The quantitative estimate of drug-likeness (QED) is 0.867. The summed E-state index contributed by atoms with van der Waals surface area (Å²) in [6.45, 7) is 5.08. The predicted octanol–water partition coefficient (Wildman–Crippen LogP) is 2.94. The molecule has 1 atom stereocenters. The SMILES string of the molecule is CCNC(Cc1cncs1)c1ccoc1C. The van der Waals surface area contributed by atoms with Gasteiger partial charge in [-0.2, -0.15) is 0 Å².